The highest BCUT2D eigenvalue weighted by atomic mass is 19.1. The maximum absolute atomic E-state index is 13.7. The first-order valence-corrected chi connectivity index (χ1v) is 5.05. The molecule has 2 aromatic heterocycles. The van der Waals surface area contributed by atoms with Crippen LogP contribution in [0.1, 0.15) is 18.2 Å². The minimum Gasteiger partial charge on any atom is -0.472 e. The molecule has 1 N–H and O–H groups in total. The molecule has 0 atom stereocenters. The van der Waals surface area contributed by atoms with Crippen LogP contribution in [0.25, 0.3) is 0 Å². The monoisotopic (exact) mass is 221 g/mol. The molecule has 0 unspecified atom stereocenters. The fourth-order valence-corrected chi connectivity index (χ4v) is 1.36. The smallest absolute Gasteiger partial charge is 0.186 e. The number of aromatic nitrogens is 2. The summed E-state index contributed by atoms with van der Waals surface area (Å²) in [5.74, 6) is -0.151. The molecule has 0 aliphatic rings. The normalized spacial score (nSPS) is 10.4. The van der Waals surface area contributed by atoms with Crippen molar-refractivity contribution in [2.75, 3.05) is 5.32 Å². The number of aryl methyl sites for hydroxylation is 1. The Morgan fingerprint density at radius 2 is 2.31 bits per heavy atom. The fourth-order valence-electron chi connectivity index (χ4n) is 1.36. The third kappa shape index (κ3) is 2.18. The molecule has 0 saturated heterocycles. The summed E-state index contributed by atoms with van der Waals surface area (Å²) in [4.78, 5) is 7.72. The van der Waals surface area contributed by atoms with E-state index in [0.29, 0.717) is 18.7 Å². The summed E-state index contributed by atoms with van der Waals surface area (Å²) >= 11 is 0. The Hall–Kier alpha value is -1.91. The predicted molar refractivity (Wildman–Crippen MR) is 57.4 cm³/mol. The summed E-state index contributed by atoms with van der Waals surface area (Å²) in [7, 11) is 0. The van der Waals surface area contributed by atoms with Gasteiger partial charge < -0.3 is 9.73 Å². The summed E-state index contributed by atoms with van der Waals surface area (Å²) in [5.41, 5.74) is 1.36. The Morgan fingerprint density at radius 1 is 1.44 bits per heavy atom. The zero-order valence-corrected chi connectivity index (χ0v) is 8.90. The number of nitrogens with zero attached hydrogens (tertiary/aromatic N) is 2. The molecule has 2 rings (SSSR count). The van der Waals surface area contributed by atoms with Crippen molar-refractivity contribution >= 4 is 5.82 Å². The number of nitrogens with one attached hydrogen (secondary N) is 1. The van der Waals surface area contributed by atoms with Crippen LogP contribution in [0.2, 0.25) is 0 Å². The van der Waals surface area contributed by atoms with Crippen molar-refractivity contribution < 1.29 is 8.81 Å². The second kappa shape index (κ2) is 4.74. The van der Waals surface area contributed by atoms with E-state index in [-0.39, 0.29) is 11.6 Å². The van der Waals surface area contributed by atoms with Gasteiger partial charge in [0.05, 0.1) is 18.2 Å². The molecule has 2 aromatic rings. The summed E-state index contributed by atoms with van der Waals surface area (Å²) in [6.07, 6.45) is 5.09. The van der Waals surface area contributed by atoms with E-state index in [1.165, 1.54) is 6.33 Å². The molecule has 4 nitrogen and oxygen atoms in total. The lowest BCUT2D eigenvalue weighted by atomic mass is 10.3. The van der Waals surface area contributed by atoms with Crippen LogP contribution in [-0.2, 0) is 13.0 Å². The maximum Gasteiger partial charge on any atom is 0.186 e. The van der Waals surface area contributed by atoms with Crippen LogP contribution in [-0.4, -0.2) is 9.97 Å². The van der Waals surface area contributed by atoms with Crippen LogP contribution in [0, 0.1) is 5.82 Å². The molecule has 0 aromatic carbocycles. The lowest BCUT2D eigenvalue weighted by molar-refractivity contribution is 0.564. The van der Waals surface area contributed by atoms with E-state index < -0.39 is 0 Å². The quantitative estimate of drug-likeness (QED) is 0.861. The van der Waals surface area contributed by atoms with Crippen LogP contribution in [0.4, 0.5) is 10.2 Å². The first kappa shape index (κ1) is 10.6. The molecule has 0 aliphatic carbocycles. The Bertz CT molecular complexity index is 456. The van der Waals surface area contributed by atoms with Gasteiger partial charge in [0.1, 0.15) is 6.33 Å². The molecule has 0 radical (unpaired) electrons. The highest BCUT2D eigenvalue weighted by Crippen LogP contribution is 2.14. The van der Waals surface area contributed by atoms with Crippen LogP contribution in [0.15, 0.2) is 29.3 Å². The van der Waals surface area contributed by atoms with Gasteiger partial charge >= 0.3 is 0 Å². The topological polar surface area (TPSA) is 51.0 Å². The first-order chi connectivity index (χ1) is 7.81. The molecular formula is C11H12FN3O. The molecule has 0 bridgehead atoms. The minimum absolute atomic E-state index is 0.230. The van der Waals surface area contributed by atoms with Gasteiger partial charge in [0.2, 0.25) is 0 Å². The highest BCUT2D eigenvalue weighted by molar-refractivity contribution is 5.37. The molecule has 84 valence electrons. The van der Waals surface area contributed by atoms with Crippen LogP contribution in [0.5, 0.6) is 0 Å². The standard InChI is InChI=1S/C11H12FN3O/c1-2-9-10(12)11(15-7-14-9)13-5-8-3-4-16-6-8/h3-4,6-7H,2,5H2,1H3,(H,13,14,15). The molecule has 5 heteroatoms. The van der Waals surface area contributed by atoms with Gasteiger partial charge in [-0.25, -0.2) is 14.4 Å². The van der Waals surface area contributed by atoms with Gasteiger partial charge in [-0.1, -0.05) is 6.92 Å². The van der Waals surface area contributed by atoms with E-state index in [2.05, 4.69) is 15.3 Å². The minimum atomic E-state index is -0.381. The number of anilines is 1. The van der Waals surface area contributed by atoms with Crippen molar-refractivity contribution in [3.05, 3.63) is 42.0 Å². The Balaban J connectivity index is 2.09. The van der Waals surface area contributed by atoms with Crippen LogP contribution < -0.4 is 5.32 Å². The lowest BCUT2D eigenvalue weighted by Gasteiger charge is -2.06. The van der Waals surface area contributed by atoms with E-state index in [1.54, 1.807) is 12.5 Å². The van der Waals surface area contributed by atoms with E-state index >= 15 is 0 Å². The number of halogens is 1. The Kier molecular flexibility index (Phi) is 3.14. The van der Waals surface area contributed by atoms with Crippen molar-refractivity contribution in [2.24, 2.45) is 0 Å². The molecule has 0 amide bonds. The number of rotatable bonds is 4. The second-order valence-corrected chi connectivity index (χ2v) is 3.32. The average molecular weight is 221 g/mol. The second-order valence-electron chi connectivity index (χ2n) is 3.32. The number of furan rings is 1. The Labute approximate surface area is 92.5 Å². The lowest BCUT2D eigenvalue weighted by Crippen LogP contribution is -2.06. The van der Waals surface area contributed by atoms with Gasteiger partial charge in [0.15, 0.2) is 11.6 Å². The summed E-state index contributed by atoms with van der Waals surface area (Å²) in [5, 5.41) is 2.90. The van der Waals surface area contributed by atoms with Crippen LogP contribution >= 0.6 is 0 Å². The van der Waals surface area contributed by atoms with Gasteiger partial charge in [0, 0.05) is 12.1 Å². The zero-order chi connectivity index (χ0) is 11.4. The SMILES string of the molecule is CCc1ncnc(NCc2ccoc2)c1F. The van der Waals surface area contributed by atoms with Crippen molar-refractivity contribution in [3.63, 3.8) is 0 Å². The Morgan fingerprint density at radius 3 is 3.00 bits per heavy atom. The average Bonchev–Trinajstić information content (AvgIpc) is 2.81. The summed E-state index contributed by atoms with van der Waals surface area (Å²) in [6.45, 7) is 2.33. The first-order valence-electron chi connectivity index (χ1n) is 5.05. The molecule has 0 spiro atoms. The highest BCUT2D eigenvalue weighted by Gasteiger charge is 2.08. The molecular weight excluding hydrogens is 209 g/mol. The number of hydrogen-bond donors (Lipinski definition) is 1. The maximum atomic E-state index is 13.7. The van der Waals surface area contributed by atoms with Gasteiger partial charge in [0.25, 0.3) is 0 Å². The van der Waals surface area contributed by atoms with Gasteiger partial charge in [-0.15, -0.1) is 0 Å². The summed E-state index contributed by atoms with van der Waals surface area (Å²) < 4.78 is 18.6. The third-order valence-corrected chi connectivity index (χ3v) is 2.24. The van der Waals surface area contributed by atoms with Crippen molar-refractivity contribution in [1.29, 1.82) is 0 Å². The van der Waals surface area contributed by atoms with E-state index in [4.69, 9.17) is 4.42 Å². The van der Waals surface area contributed by atoms with Crippen LogP contribution in [0.3, 0.4) is 0 Å². The third-order valence-electron chi connectivity index (χ3n) is 2.24. The van der Waals surface area contributed by atoms with E-state index in [1.807, 2.05) is 13.0 Å². The largest absolute Gasteiger partial charge is 0.472 e. The summed E-state index contributed by atoms with van der Waals surface area (Å²) in [6, 6.07) is 1.81. The van der Waals surface area contributed by atoms with Gasteiger partial charge in [-0.2, -0.15) is 0 Å². The molecule has 16 heavy (non-hydrogen) atoms. The molecule has 0 saturated carbocycles. The fraction of sp³-hybridized carbons (Fsp3) is 0.273. The molecule has 2 heterocycles. The van der Waals surface area contributed by atoms with E-state index in [9.17, 15) is 4.39 Å². The van der Waals surface area contributed by atoms with Crippen molar-refractivity contribution in [1.82, 2.24) is 9.97 Å². The molecule has 0 aliphatic heterocycles. The van der Waals surface area contributed by atoms with Crippen molar-refractivity contribution in [2.45, 2.75) is 19.9 Å². The number of hydrogen-bond acceptors (Lipinski definition) is 4. The predicted octanol–water partition coefficient (Wildman–Crippen LogP) is 2.38. The van der Waals surface area contributed by atoms with E-state index in [0.717, 1.165) is 5.56 Å². The molecule has 0 fully saturated rings. The van der Waals surface area contributed by atoms with Crippen molar-refractivity contribution in [3.8, 4) is 0 Å². The van der Waals surface area contributed by atoms with Gasteiger partial charge in [-0.05, 0) is 12.5 Å². The van der Waals surface area contributed by atoms with Gasteiger partial charge in [-0.3, -0.25) is 0 Å². The zero-order valence-electron chi connectivity index (χ0n) is 8.90.